The quantitative estimate of drug-likeness (QED) is 0.523. The number of nitrogens with one attached hydrogen (secondary N) is 1. The smallest absolute Gasteiger partial charge is 0.433 e. The van der Waals surface area contributed by atoms with Crippen molar-refractivity contribution in [3.63, 3.8) is 0 Å². The van der Waals surface area contributed by atoms with Crippen LogP contribution in [0.25, 0.3) is 11.5 Å². The molecule has 1 amide bonds. The maximum absolute atomic E-state index is 13.1. The van der Waals surface area contributed by atoms with Crippen LogP contribution in [0.15, 0.2) is 64.4 Å². The topological polar surface area (TPSA) is 68.0 Å². The molecule has 1 N–H and O–H groups in total. The first-order valence-electron chi connectivity index (χ1n) is 7.40. The van der Waals surface area contributed by atoms with Gasteiger partial charge in [-0.1, -0.05) is 30.0 Å². The summed E-state index contributed by atoms with van der Waals surface area (Å²) in [7, 11) is 0. The van der Waals surface area contributed by atoms with E-state index in [9.17, 15) is 18.0 Å². The molecule has 3 aromatic rings. The Bertz CT molecular complexity index is 884. The van der Waals surface area contributed by atoms with Gasteiger partial charge in [-0.2, -0.15) is 13.2 Å². The Morgan fingerprint density at radius 2 is 1.88 bits per heavy atom. The minimum atomic E-state index is -4.63. The van der Waals surface area contributed by atoms with Crippen molar-refractivity contribution in [1.29, 1.82) is 0 Å². The van der Waals surface area contributed by atoms with Crippen LogP contribution in [0.4, 0.5) is 18.9 Å². The zero-order valence-corrected chi connectivity index (χ0v) is 14.0. The first kappa shape index (κ1) is 18.0. The molecule has 0 aliphatic carbocycles. The lowest BCUT2D eigenvalue weighted by atomic mass is 10.2. The van der Waals surface area contributed by atoms with E-state index in [2.05, 4.69) is 15.3 Å². The number of aromatic nitrogens is 2. The van der Waals surface area contributed by atoms with Gasteiger partial charge in [-0.3, -0.25) is 4.79 Å². The molecular formula is C17H12F3N3O2S. The van der Waals surface area contributed by atoms with E-state index in [-0.39, 0.29) is 28.3 Å². The fourth-order valence-corrected chi connectivity index (χ4v) is 2.69. The monoisotopic (exact) mass is 379 g/mol. The molecule has 9 heteroatoms. The number of hydrogen-bond donors (Lipinski definition) is 1. The van der Waals surface area contributed by atoms with Gasteiger partial charge in [-0.25, -0.2) is 9.97 Å². The van der Waals surface area contributed by atoms with E-state index in [1.165, 1.54) is 12.3 Å². The average Bonchev–Trinajstić information content (AvgIpc) is 3.14. The Kier molecular flexibility index (Phi) is 5.27. The van der Waals surface area contributed by atoms with E-state index in [1.54, 1.807) is 36.4 Å². The molecule has 0 radical (unpaired) electrons. The molecule has 3 rings (SSSR count). The Hall–Kier alpha value is -2.81. The first-order valence-corrected chi connectivity index (χ1v) is 8.38. The Morgan fingerprint density at radius 1 is 1.12 bits per heavy atom. The second-order valence-corrected chi connectivity index (χ2v) is 6.04. The normalized spacial score (nSPS) is 11.3. The van der Waals surface area contributed by atoms with Gasteiger partial charge >= 0.3 is 6.18 Å². The number of amides is 1. The van der Waals surface area contributed by atoms with Crippen LogP contribution < -0.4 is 5.32 Å². The van der Waals surface area contributed by atoms with Gasteiger partial charge in [0.1, 0.15) is 11.4 Å². The summed E-state index contributed by atoms with van der Waals surface area (Å²) in [5.41, 5.74) is -0.493. The summed E-state index contributed by atoms with van der Waals surface area (Å²) >= 11 is 0.814. The fraction of sp³-hybridized carbons (Fsp3) is 0.118. The molecule has 0 fully saturated rings. The van der Waals surface area contributed by atoms with Crippen molar-refractivity contribution in [2.24, 2.45) is 0 Å². The average molecular weight is 379 g/mol. The molecule has 2 aromatic heterocycles. The van der Waals surface area contributed by atoms with Crippen LogP contribution in [0.2, 0.25) is 0 Å². The number of halogens is 3. The molecule has 0 saturated carbocycles. The Balaban J connectivity index is 1.76. The van der Waals surface area contributed by atoms with Gasteiger partial charge in [0.2, 0.25) is 5.91 Å². The highest BCUT2D eigenvalue weighted by atomic mass is 32.2. The number of para-hydroxylation sites is 1. The van der Waals surface area contributed by atoms with Gasteiger partial charge < -0.3 is 9.73 Å². The molecule has 0 aliphatic rings. The summed E-state index contributed by atoms with van der Waals surface area (Å²) in [5, 5.41) is 2.49. The number of thioether (sulfide) groups is 1. The molecular weight excluding hydrogens is 367 g/mol. The first-order chi connectivity index (χ1) is 12.4. The van der Waals surface area contributed by atoms with Crippen molar-refractivity contribution < 1.29 is 22.4 Å². The Labute approximate surface area is 150 Å². The summed E-state index contributed by atoms with van der Waals surface area (Å²) in [6.45, 7) is 0. The molecule has 1 aromatic carbocycles. The third-order valence-electron chi connectivity index (χ3n) is 3.16. The van der Waals surface area contributed by atoms with Gasteiger partial charge in [-0.05, 0) is 30.3 Å². The fourth-order valence-electron chi connectivity index (χ4n) is 2.03. The number of hydrogen-bond acceptors (Lipinski definition) is 5. The highest BCUT2D eigenvalue weighted by Crippen LogP contribution is 2.32. The minimum absolute atomic E-state index is 0.00305. The molecule has 0 bridgehead atoms. The van der Waals surface area contributed by atoms with Crippen LogP contribution in [0.1, 0.15) is 5.69 Å². The van der Waals surface area contributed by atoms with Crippen LogP contribution in [0, 0.1) is 0 Å². The number of alkyl halides is 3. The molecule has 0 spiro atoms. The molecule has 0 atom stereocenters. The lowest BCUT2D eigenvalue weighted by Crippen LogP contribution is -2.15. The number of carbonyl (C=O) groups excluding carboxylic acids is 1. The number of furan rings is 1. The van der Waals surface area contributed by atoms with E-state index in [4.69, 9.17) is 4.42 Å². The van der Waals surface area contributed by atoms with E-state index in [1.807, 2.05) is 0 Å². The molecule has 5 nitrogen and oxygen atoms in total. The molecule has 0 unspecified atom stereocenters. The number of carbonyl (C=O) groups is 1. The van der Waals surface area contributed by atoms with Crippen molar-refractivity contribution in [3.05, 3.63) is 60.5 Å². The van der Waals surface area contributed by atoms with Gasteiger partial charge in [0, 0.05) is 5.69 Å². The van der Waals surface area contributed by atoms with E-state index >= 15 is 0 Å². The maximum Gasteiger partial charge on any atom is 0.433 e. The number of anilines is 1. The second-order valence-electron chi connectivity index (χ2n) is 5.10. The second kappa shape index (κ2) is 7.61. The van der Waals surface area contributed by atoms with Crippen LogP contribution in [-0.2, 0) is 11.0 Å². The SMILES string of the molecule is O=C(CSc1nc(-c2ccco2)cc(C(F)(F)F)n1)Nc1ccccc1. The van der Waals surface area contributed by atoms with Gasteiger partial charge in [0.25, 0.3) is 0 Å². The van der Waals surface area contributed by atoms with E-state index < -0.39 is 11.9 Å². The molecule has 0 saturated heterocycles. The molecule has 0 aliphatic heterocycles. The molecule has 2 heterocycles. The zero-order valence-electron chi connectivity index (χ0n) is 13.2. The van der Waals surface area contributed by atoms with Crippen molar-refractivity contribution >= 4 is 23.4 Å². The lowest BCUT2D eigenvalue weighted by molar-refractivity contribution is -0.141. The van der Waals surface area contributed by atoms with E-state index in [0.29, 0.717) is 5.69 Å². The van der Waals surface area contributed by atoms with Crippen molar-refractivity contribution in [2.45, 2.75) is 11.3 Å². The summed E-state index contributed by atoms with van der Waals surface area (Å²) in [6.07, 6.45) is -3.29. The zero-order chi connectivity index (χ0) is 18.6. The van der Waals surface area contributed by atoms with Crippen LogP contribution >= 0.6 is 11.8 Å². The standard InChI is InChI=1S/C17H12F3N3O2S/c18-17(19,20)14-9-12(13-7-4-8-25-13)22-16(23-14)26-10-15(24)21-11-5-2-1-3-6-11/h1-9H,10H2,(H,21,24). The molecule has 134 valence electrons. The third kappa shape index (κ3) is 4.63. The van der Waals surface area contributed by atoms with Gasteiger partial charge in [0.05, 0.1) is 12.0 Å². The summed E-state index contributed by atoms with van der Waals surface area (Å²) in [5.74, 6) is -0.316. The highest BCUT2D eigenvalue weighted by Gasteiger charge is 2.34. The molecule has 26 heavy (non-hydrogen) atoms. The number of rotatable bonds is 5. The summed E-state index contributed by atoms with van der Waals surface area (Å²) in [6, 6.07) is 12.6. The minimum Gasteiger partial charge on any atom is -0.463 e. The Morgan fingerprint density at radius 3 is 2.54 bits per heavy atom. The number of benzene rings is 1. The predicted molar refractivity (Wildman–Crippen MR) is 90.5 cm³/mol. The van der Waals surface area contributed by atoms with Crippen molar-refractivity contribution in [2.75, 3.05) is 11.1 Å². The largest absolute Gasteiger partial charge is 0.463 e. The summed E-state index contributed by atoms with van der Waals surface area (Å²) < 4.78 is 44.3. The lowest BCUT2D eigenvalue weighted by Gasteiger charge is -2.09. The number of nitrogens with zero attached hydrogens (tertiary/aromatic N) is 2. The third-order valence-corrected chi connectivity index (χ3v) is 4.01. The summed E-state index contributed by atoms with van der Waals surface area (Å²) in [4.78, 5) is 19.5. The van der Waals surface area contributed by atoms with Crippen molar-refractivity contribution in [3.8, 4) is 11.5 Å². The van der Waals surface area contributed by atoms with Gasteiger partial charge in [-0.15, -0.1) is 0 Å². The van der Waals surface area contributed by atoms with Crippen LogP contribution in [-0.4, -0.2) is 21.6 Å². The van der Waals surface area contributed by atoms with Crippen LogP contribution in [0.3, 0.4) is 0 Å². The highest BCUT2D eigenvalue weighted by molar-refractivity contribution is 7.99. The van der Waals surface area contributed by atoms with Crippen LogP contribution in [0.5, 0.6) is 0 Å². The maximum atomic E-state index is 13.1. The van der Waals surface area contributed by atoms with E-state index in [0.717, 1.165) is 17.8 Å². The predicted octanol–water partition coefficient (Wildman–Crippen LogP) is 4.49. The van der Waals surface area contributed by atoms with Crippen molar-refractivity contribution in [1.82, 2.24) is 9.97 Å². The van der Waals surface area contributed by atoms with Gasteiger partial charge in [0.15, 0.2) is 10.9 Å².